The number of hydrogen-bond donors (Lipinski definition) is 2. The lowest BCUT2D eigenvalue weighted by atomic mass is 10.2. The lowest BCUT2D eigenvalue weighted by Gasteiger charge is -2.09. The van der Waals surface area contributed by atoms with Crippen LogP contribution >= 0.6 is 11.3 Å². The number of hydrazone groups is 1. The molecule has 0 radical (unpaired) electrons. The third-order valence-electron chi connectivity index (χ3n) is 4.55. The molecule has 0 bridgehead atoms. The zero-order valence-corrected chi connectivity index (χ0v) is 17.9. The first kappa shape index (κ1) is 22.3. The van der Waals surface area contributed by atoms with Gasteiger partial charge in [0, 0.05) is 17.4 Å². The van der Waals surface area contributed by atoms with Crippen molar-refractivity contribution in [2.75, 3.05) is 11.9 Å². The number of nitrogens with one attached hydrogen (secondary N) is 2. The Labute approximate surface area is 191 Å². The summed E-state index contributed by atoms with van der Waals surface area (Å²) in [7, 11) is 0. The second-order valence-corrected chi connectivity index (χ2v) is 7.86. The van der Waals surface area contributed by atoms with Crippen LogP contribution in [0.4, 0.5) is 18.9 Å². The van der Waals surface area contributed by atoms with Crippen molar-refractivity contribution in [2.24, 2.45) is 5.10 Å². The zero-order valence-electron chi connectivity index (χ0n) is 17.1. The van der Waals surface area contributed by atoms with Crippen molar-refractivity contribution in [1.29, 1.82) is 0 Å². The number of carbonyl (C=O) groups excluding carboxylic acids is 1. The number of amides is 1. The van der Waals surface area contributed by atoms with Crippen LogP contribution in [0, 0.1) is 0 Å². The van der Waals surface area contributed by atoms with Crippen molar-refractivity contribution in [3.8, 4) is 16.3 Å². The second-order valence-electron chi connectivity index (χ2n) is 6.92. The molecule has 2 aromatic carbocycles. The third-order valence-corrected chi connectivity index (χ3v) is 5.43. The maximum atomic E-state index is 12.8. The van der Waals surface area contributed by atoms with E-state index >= 15 is 0 Å². The van der Waals surface area contributed by atoms with E-state index in [0.29, 0.717) is 11.3 Å². The van der Waals surface area contributed by atoms with E-state index in [0.717, 1.165) is 22.7 Å². The Kier molecular flexibility index (Phi) is 6.55. The summed E-state index contributed by atoms with van der Waals surface area (Å²) in [5, 5.41) is 13.2. The summed E-state index contributed by atoms with van der Waals surface area (Å²) in [4.78, 5) is 13.0. The average Bonchev–Trinajstić information content (AvgIpc) is 3.48. The molecule has 0 aliphatic heterocycles. The number of aromatic nitrogens is 2. The molecule has 10 heteroatoms. The first-order valence-electron chi connectivity index (χ1n) is 9.82. The van der Waals surface area contributed by atoms with Crippen LogP contribution in [-0.4, -0.2) is 28.4 Å². The summed E-state index contributed by atoms with van der Waals surface area (Å²) >= 11 is 1.53. The lowest BCUT2D eigenvalue weighted by molar-refractivity contribution is -0.137. The fourth-order valence-corrected chi connectivity index (χ4v) is 3.73. The van der Waals surface area contributed by atoms with E-state index < -0.39 is 17.6 Å². The molecule has 33 heavy (non-hydrogen) atoms. The van der Waals surface area contributed by atoms with E-state index in [1.807, 2.05) is 47.8 Å². The lowest BCUT2D eigenvalue weighted by Crippen LogP contribution is -2.26. The van der Waals surface area contributed by atoms with Gasteiger partial charge in [-0.2, -0.15) is 23.4 Å². The van der Waals surface area contributed by atoms with Crippen LogP contribution in [-0.2, 0) is 11.0 Å². The fourth-order valence-electron chi connectivity index (χ4n) is 3.00. The van der Waals surface area contributed by atoms with Crippen LogP contribution in [0.2, 0.25) is 0 Å². The Hall–Kier alpha value is -3.92. The van der Waals surface area contributed by atoms with E-state index in [1.165, 1.54) is 29.7 Å². The summed E-state index contributed by atoms with van der Waals surface area (Å²) in [5.74, 6) is -0.503. The third kappa shape index (κ3) is 5.66. The van der Waals surface area contributed by atoms with E-state index in [4.69, 9.17) is 0 Å². The molecule has 2 heterocycles. The predicted octanol–water partition coefficient (Wildman–Crippen LogP) is 5.18. The molecule has 2 N–H and O–H groups in total. The molecule has 4 aromatic rings. The minimum Gasteiger partial charge on any atom is -0.376 e. The molecule has 0 spiro atoms. The number of benzene rings is 2. The first-order chi connectivity index (χ1) is 15.9. The highest BCUT2D eigenvalue weighted by Gasteiger charge is 2.30. The molecule has 1 amide bonds. The molecule has 0 aliphatic rings. The minimum absolute atomic E-state index is 0.188. The molecule has 0 fully saturated rings. The standard InChI is InChI=1S/C23H18F3N5OS/c24-23(25,26)17-6-4-7-18(12-17)27-14-21(32)29-28-13-16-15-31(19-8-2-1-3-9-19)30-22(16)20-10-5-11-33-20/h1-13,15,27H,14H2,(H,29,32). The quantitative estimate of drug-likeness (QED) is 0.289. The van der Waals surface area contributed by atoms with Crippen LogP contribution in [0.3, 0.4) is 0 Å². The highest BCUT2D eigenvalue weighted by molar-refractivity contribution is 7.13. The summed E-state index contributed by atoms with van der Waals surface area (Å²) in [5.41, 5.74) is 4.08. The molecule has 168 valence electrons. The van der Waals surface area contributed by atoms with Gasteiger partial charge in [0.2, 0.25) is 0 Å². The van der Waals surface area contributed by atoms with Gasteiger partial charge in [0.25, 0.3) is 5.91 Å². The number of nitrogens with zero attached hydrogens (tertiary/aromatic N) is 3. The number of thiophene rings is 1. The van der Waals surface area contributed by atoms with Gasteiger partial charge < -0.3 is 5.32 Å². The maximum Gasteiger partial charge on any atom is 0.416 e. The van der Waals surface area contributed by atoms with Crippen molar-refractivity contribution in [3.63, 3.8) is 0 Å². The Morgan fingerprint density at radius 2 is 1.91 bits per heavy atom. The molecular formula is C23H18F3N5OS. The number of anilines is 1. The van der Waals surface area contributed by atoms with Crippen LogP contribution < -0.4 is 10.7 Å². The summed E-state index contributed by atoms with van der Waals surface area (Å²) in [6.07, 6.45) is -1.15. The number of alkyl halides is 3. The van der Waals surface area contributed by atoms with Crippen LogP contribution in [0.1, 0.15) is 11.1 Å². The Balaban J connectivity index is 1.43. The van der Waals surface area contributed by atoms with Gasteiger partial charge in [-0.1, -0.05) is 30.3 Å². The van der Waals surface area contributed by atoms with Gasteiger partial charge in [0.05, 0.1) is 28.9 Å². The highest BCUT2D eigenvalue weighted by atomic mass is 32.1. The van der Waals surface area contributed by atoms with E-state index in [9.17, 15) is 18.0 Å². The van der Waals surface area contributed by atoms with Crippen molar-refractivity contribution in [2.45, 2.75) is 6.18 Å². The molecule has 2 aromatic heterocycles. The summed E-state index contributed by atoms with van der Waals surface area (Å²) in [6.45, 7) is -0.236. The Morgan fingerprint density at radius 1 is 1.09 bits per heavy atom. The SMILES string of the molecule is O=C(CNc1cccc(C(F)(F)F)c1)NN=Cc1cn(-c2ccccc2)nc1-c1cccs1. The monoisotopic (exact) mass is 469 g/mol. The van der Waals surface area contributed by atoms with Gasteiger partial charge in [-0.3, -0.25) is 4.79 Å². The molecule has 6 nitrogen and oxygen atoms in total. The normalized spacial score (nSPS) is 11.6. The smallest absolute Gasteiger partial charge is 0.376 e. The van der Waals surface area contributed by atoms with Crippen molar-refractivity contribution in [3.05, 3.63) is 89.4 Å². The van der Waals surface area contributed by atoms with Crippen molar-refractivity contribution >= 4 is 29.1 Å². The average molecular weight is 469 g/mol. The maximum absolute atomic E-state index is 12.8. The number of para-hydroxylation sites is 1. The summed E-state index contributed by atoms with van der Waals surface area (Å²) < 4.78 is 40.2. The summed E-state index contributed by atoms with van der Waals surface area (Å²) in [6, 6.07) is 18.1. The van der Waals surface area contributed by atoms with Gasteiger partial charge in [-0.15, -0.1) is 11.3 Å². The minimum atomic E-state index is -4.45. The Bertz CT molecular complexity index is 1250. The van der Waals surface area contributed by atoms with Crippen LogP contribution in [0.15, 0.2) is 83.4 Å². The van der Waals surface area contributed by atoms with Crippen LogP contribution in [0.25, 0.3) is 16.3 Å². The van der Waals surface area contributed by atoms with Gasteiger partial charge in [0.1, 0.15) is 5.69 Å². The number of hydrogen-bond acceptors (Lipinski definition) is 5. The van der Waals surface area contributed by atoms with Gasteiger partial charge in [0.15, 0.2) is 0 Å². The van der Waals surface area contributed by atoms with Crippen molar-refractivity contribution < 1.29 is 18.0 Å². The highest BCUT2D eigenvalue weighted by Crippen LogP contribution is 2.30. The number of carbonyl (C=O) groups is 1. The van der Waals surface area contributed by atoms with E-state index in [2.05, 4.69) is 20.9 Å². The molecule has 0 saturated carbocycles. The number of rotatable bonds is 7. The zero-order chi connectivity index (χ0) is 23.3. The largest absolute Gasteiger partial charge is 0.416 e. The second kappa shape index (κ2) is 9.70. The van der Waals surface area contributed by atoms with Crippen LogP contribution in [0.5, 0.6) is 0 Å². The first-order valence-corrected chi connectivity index (χ1v) is 10.7. The van der Waals surface area contributed by atoms with Gasteiger partial charge >= 0.3 is 6.18 Å². The van der Waals surface area contributed by atoms with E-state index in [1.54, 1.807) is 10.9 Å². The molecule has 4 rings (SSSR count). The predicted molar refractivity (Wildman–Crippen MR) is 123 cm³/mol. The molecule has 0 saturated heterocycles. The van der Waals surface area contributed by atoms with E-state index in [-0.39, 0.29) is 12.2 Å². The molecule has 0 aliphatic carbocycles. The molecule has 0 unspecified atom stereocenters. The van der Waals surface area contributed by atoms with Crippen molar-refractivity contribution in [1.82, 2.24) is 15.2 Å². The van der Waals surface area contributed by atoms with Gasteiger partial charge in [-0.25, -0.2) is 10.1 Å². The topological polar surface area (TPSA) is 71.3 Å². The molecule has 0 atom stereocenters. The fraction of sp³-hybridized carbons (Fsp3) is 0.0870. The molecular weight excluding hydrogens is 451 g/mol. The number of halogens is 3. The van der Waals surface area contributed by atoms with Gasteiger partial charge in [-0.05, 0) is 41.8 Å². The Morgan fingerprint density at radius 3 is 2.64 bits per heavy atom.